The molecular weight excluding hydrogens is 443 g/mol. The van der Waals surface area contributed by atoms with Crippen molar-refractivity contribution in [3.05, 3.63) is 59.1 Å². The number of ketones is 1. The summed E-state index contributed by atoms with van der Waals surface area (Å²) in [6.45, 7) is 0. The van der Waals surface area contributed by atoms with Crippen LogP contribution in [-0.2, 0) is 14.8 Å². The van der Waals surface area contributed by atoms with Gasteiger partial charge in [-0.1, -0.05) is 23.7 Å². The summed E-state index contributed by atoms with van der Waals surface area (Å²) in [5, 5.41) is 0.390. The zero-order valence-electron chi connectivity index (χ0n) is 15.5. The van der Waals surface area contributed by atoms with Gasteiger partial charge in [-0.3, -0.25) is 4.79 Å². The molecule has 30 heavy (non-hydrogen) atoms. The van der Waals surface area contributed by atoms with Crippen LogP contribution >= 0.6 is 11.6 Å². The van der Waals surface area contributed by atoms with Gasteiger partial charge in [0.25, 0.3) is 0 Å². The summed E-state index contributed by atoms with van der Waals surface area (Å²) in [5.74, 6) is -0.994. The number of hydrogen-bond donors (Lipinski definition) is 0. The molecule has 10 heteroatoms. The lowest BCUT2D eigenvalue weighted by atomic mass is 9.73. The van der Waals surface area contributed by atoms with Gasteiger partial charge >= 0.3 is 6.36 Å². The SMILES string of the molecule is O=C1C[C@@H]2CC[C@H]1[C@@H](c1ccc(OC(F)(F)F)cc1)N2S(=O)(=O)c1ccc(Cl)cc1. The second kappa shape index (κ2) is 7.55. The molecule has 160 valence electrons. The first-order chi connectivity index (χ1) is 14.1. The van der Waals surface area contributed by atoms with Gasteiger partial charge in [-0.2, -0.15) is 4.31 Å². The van der Waals surface area contributed by atoms with Crippen molar-refractivity contribution in [2.24, 2.45) is 5.92 Å². The zero-order chi connectivity index (χ0) is 21.7. The number of halogens is 4. The number of benzene rings is 2. The van der Waals surface area contributed by atoms with Crippen LogP contribution in [0.25, 0.3) is 0 Å². The highest BCUT2D eigenvalue weighted by Gasteiger charge is 2.52. The molecule has 0 aromatic heterocycles. The average Bonchev–Trinajstić information content (AvgIpc) is 2.67. The number of rotatable bonds is 4. The molecule has 2 aromatic carbocycles. The summed E-state index contributed by atoms with van der Waals surface area (Å²) in [5.41, 5.74) is 0.449. The summed E-state index contributed by atoms with van der Waals surface area (Å²) in [6.07, 6.45) is -3.62. The van der Waals surface area contributed by atoms with E-state index >= 15 is 0 Å². The number of nitrogens with zero attached hydrogens (tertiary/aromatic N) is 1. The minimum Gasteiger partial charge on any atom is -0.406 e. The molecule has 1 saturated carbocycles. The van der Waals surface area contributed by atoms with Gasteiger partial charge in [0.05, 0.1) is 10.9 Å². The summed E-state index contributed by atoms with van der Waals surface area (Å²) in [4.78, 5) is 12.6. The van der Waals surface area contributed by atoms with Crippen LogP contribution in [0.5, 0.6) is 5.75 Å². The molecule has 2 aliphatic heterocycles. The van der Waals surface area contributed by atoms with Gasteiger partial charge in [0.1, 0.15) is 11.5 Å². The molecule has 2 heterocycles. The van der Waals surface area contributed by atoms with Gasteiger partial charge in [-0.05, 0) is 54.8 Å². The Hall–Kier alpha value is -2.10. The van der Waals surface area contributed by atoms with Crippen molar-refractivity contribution in [1.29, 1.82) is 0 Å². The molecule has 2 aromatic rings. The standard InChI is InChI=1S/C20H17ClF3NO4S/c21-13-3-8-16(9-4-13)30(27,28)25-14-5-10-17(18(26)11-14)19(25)12-1-6-15(7-2-12)29-20(22,23)24/h1-4,6-9,14,17,19H,5,10-11H2/t14-,17+,19+/m0/s1. The highest BCUT2D eigenvalue weighted by atomic mass is 35.5. The quantitative estimate of drug-likeness (QED) is 0.663. The van der Waals surface area contributed by atoms with Crippen LogP contribution < -0.4 is 4.74 Å². The molecule has 3 atom stereocenters. The highest BCUT2D eigenvalue weighted by Crippen LogP contribution is 2.48. The number of piperidine rings is 2. The van der Waals surface area contributed by atoms with Crippen molar-refractivity contribution in [3.63, 3.8) is 0 Å². The van der Waals surface area contributed by atoms with Gasteiger partial charge in [0.15, 0.2) is 0 Å². The molecule has 2 saturated heterocycles. The van der Waals surface area contributed by atoms with Gasteiger partial charge in [-0.15, -0.1) is 13.2 Å². The number of hydrogen-bond acceptors (Lipinski definition) is 4. The first-order valence-electron chi connectivity index (χ1n) is 9.24. The number of Topliss-reactive ketones (excluding diaryl/α,β-unsaturated/α-hetero) is 1. The third kappa shape index (κ3) is 3.93. The van der Waals surface area contributed by atoms with E-state index in [1.54, 1.807) is 0 Å². The van der Waals surface area contributed by atoms with E-state index in [9.17, 15) is 26.4 Å². The lowest BCUT2D eigenvalue weighted by molar-refractivity contribution is -0.274. The Labute approximate surface area is 176 Å². The second-order valence-corrected chi connectivity index (χ2v) is 9.64. The topological polar surface area (TPSA) is 63.7 Å². The fourth-order valence-corrected chi connectivity index (χ4v) is 6.28. The molecule has 3 aliphatic rings. The van der Waals surface area contributed by atoms with Gasteiger partial charge in [0, 0.05) is 23.4 Å². The molecule has 2 bridgehead atoms. The van der Waals surface area contributed by atoms with Crippen LogP contribution in [-0.4, -0.2) is 30.9 Å². The number of fused-ring (bicyclic) bond motifs is 3. The van der Waals surface area contributed by atoms with Gasteiger partial charge in [-0.25, -0.2) is 8.42 Å². The zero-order valence-corrected chi connectivity index (χ0v) is 17.0. The molecule has 3 fully saturated rings. The summed E-state index contributed by atoms with van der Waals surface area (Å²) >= 11 is 5.87. The second-order valence-electron chi connectivity index (χ2n) is 7.36. The Bertz CT molecular complexity index is 1050. The predicted molar refractivity (Wildman–Crippen MR) is 102 cm³/mol. The van der Waals surface area contributed by atoms with Crippen molar-refractivity contribution in [3.8, 4) is 5.75 Å². The van der Waals surface area contributed by atoms with E-state index in [0.29, 0.717) is 23.4 Å². The Morgan fingerprint density at radius 3 is 2.20 bits per heavy atom. The first-order valence-corrected chi connectivity index (χ1v) is 11.1. The third-order valence-electron chi connectivity index (χ3n) is 5.52. The van der Waals surface area contributed by atoms with Crippen LogP contribution in [0.4, 0.5) is 13.2 Å². The maximum absolute atomic E-state index is 13.4. The largest absolute Gasteiger partial charge is 0.573 e. The van der Waals surface area contributed by atoms with Crippen molar-refractivity contribution < 1.29 is 31.1 Å². The molecule has 0 radical (unpaired) electrons. The van der Waals surface area contributed by atoms with Gasteiger partial charge < -0.3 is 4.74 Å². The van der Waals surface area contributed by atoms with Crippen LogP contribution in [0.2, 0.25) is 5.02 Å². The number of carbonyl (C=O) groups is 1. The van der Waals surface area contributed by atoms with E-state index in [2.05, 4.69) is 4.74 Å². The summed E-state index contributed by atoms with van der Waals surface area (Å²) in [7, 11) is -3.96. The fraction of sp³-hybridized carbons (Fsp3) is 0.350. The summed E-state index contributed by atoms with van der Waals surface area (Å²) in [6, 6.07) is 9.47. The van der Waals surface area contributed by atoms with Crippen LogP contribution in [0, 0.1) is 5.92 Å². The number of sulfonamides is 1. The molecule has 5 rings (SSSR count). The van der Waals surface area contributed by atoms with Crippen LogP contribution in [0.1, 0.15) is 30.9 Å². The van der Waals surface area contributed by atoms with Crippen LogP contribution in [0.3, 0.4) is 0 Å². The fourth-order valence-electron chi connectivity index (χ4n) is 4.29. The Kier molecular flexibility index (Phi) is 5.32. The maximum Gasteiger partial charge on any atom is 0.573 e. The van der Waals surface area contributed by atoms with E-state index in [-0.39, 0.29) is 17.1 Å². The molecular formula is C20H17ClF3NO4S. The van der Waals surface area contributed by atoms with Crippen LogP contribution in [0.15, 0.2) is 53.4 Å². The van der Waals surface area contributed by atoms with E-state index in [0.717, 1.165) is 12.1 Å². The Morgan fingerprint density at radius 1 is 1.00 bits per heavy atom. The van der Waals surface area contributed by atoms with Crippen molar-refractivity contribution in [1.82, 2.24) is 4.31 Å². The number of ether oxygens (including phenoxy) is 1. The van der Waals surface area contributed by atoms with E-state index in [1.807, 2.05) is 0 Å². The maximum atomic E-state index is 13.4. The number of alkyl halides is 3. The molecule has 0 N–H and O–H groups in total. The smallest absolute Gasteiger partial charge is 0.406 e. The van der Waals surface area contributed by atoms with Crippen molar-refractivity contribution >= 4 is 27.4 Å². The van der Waals surface area contributed by atoms with E-state index in [4.69, 9.17) is 11.6 Å². The highest BCUT2D eigenvalue weighted by molar-refractivity contribution is 7.89. The lowest BCUT2D eigenvalue weighted by Gasteiger charge is -2.49. The summed E-state index contributed by atoms with van der Waals surface area (Å²) < 4.78 is 69.4. The molecule has 0 amide bonds. The normalized spacial score (nSPS) is 24.8. The molecule has 0 unspecified atom stereocenters. The van der Waals surface area contributed by atoms with Crippen molar-refractivity contribution in [2.45, 2.75) is 42.6 Å². The molecule has 5 nitrogen and oxygen atoms in total. The lowest BCUT2D eigenvalue weighted by Crippen LogP contribution is -2.56. The first kappa shape index (κ1) is 21.1. The third-order valence-corrected chi connectivity index (χ3v) is 7.72. The average molecular weight is 460 g/mol. The Morgan fingerprint density at radius 2 is 1.63 bits per heavy atom. The van der Waals surface area contributed by atoms with Crippen molar-refractivity contribution in [2.75, 3.05) is 0 Å². The minimum absolute atomic E-state index is 0.0329. The predicted octanol–water partition coefficient (Wildman–Crippen LogP) is 4.72. The molecule has 1 aliphatic carbocycles. The number of carbonyl (C=O) groups excluding carboxylic acids is 1. The van der Waals surface area contributed by atoms with Gasteiger partial charge in [0.2, 0.25) is 10.0 Å². The Balaban J connectivity index is 1.74. The molecule has 0 spiro atoms. The van der Waals surface area contributed by atoms with E-state index in [1.165, 1.54) is 40.7 Å². The monoisotopic (exact) mass is 459 g/mol. The minimum atomic E-state index is -4.83. The van der Waals surface area contributed by atoms with E-state index < -0.39 is 40.1 Å².